The highest BCUT2D eigenvalue weighted by Crippen LogP contribution is 2.37. The summed E-state index contributed by atoms with van der Waals surface area (Å²) in [6.07, 6.45) is 0.829. The van der Waals surface area contributed by atoms with Crippen LogP contribution in [-0.4, -0.2) is 23.9 Å². The number of piperazine rings is 1. The van der Waals surface area contributed by atoms with Crippen LogP contribution in [0, 0.1) is 5.92 Å². The molecule has 1 fully saturated rings. The van der Waals surface area contributed by atoms with Gasteiger partial charge in [0, 0.05) is 8.95 Å². The first-order chi connectivity index (χ1) is 9.88. The summed E-state index contributed by atoms with van der Waals surface area (Å²) in [5.74, 6) is -0.0932. The van der Waals surface area contributed by atoms with Gasteiger partial charge in [-0.1, -0.05) is 26.3 Å². The normalized spacial score (nSPS) is 24.0. The van der Waals surface area contributed by atoms with Gasteiger partial charge in [-0.25, -0.2) is 0 Å². The number of para-hydroxylation sites is 1. The molecule has 1 aliphatic heterocycles. The number of halogens is 2. The molecule has 0 radical (unpaired) electrons. The van der Waals surface area contributed by atoms with Crippen molar-refractivity contribution in [3.05, 3.63) is 27.1 Å². The first-order valence-corrected chi connectivity index (χ1v) is 8.54. The molecule has 1 saturated heterocycles. The Balaban J connectivity index is 2.49. The van der Waals surface area contributed by atoms with Crippen LogP contribution in [-0.2, 0) is 9.59 Å². The lowest BCUT2D eigenvalue weighted by Crippen LogP contribution is -2.64. The molecule has 0 saturated carbocycles. The minimum Gasteiger partial charge on any atom is -0.342 e. The van der Waals surface area contributed by atoms with Gasteiger partial charge in [-0.3, -0.25) is 14.5 Å². The number of amides is 2. The Labute approximate surface area is 141 Å². The standard InChI is InChI=1S/C15H18Br2N2O2/c1-4-8(2)12-15(21)19(9(3)14(20)18-12)13-10(16)6-5-7-11(13)17/h5-9,12H,4H2,1-3H3,(H,18,20). The van der Waals surface area contributed by atoms with Crippen LogP contribution in [0.5, 0.6) is 0 Å². The van der Waals surface area contributed by atoms with Gasteiger partial charge in [0.15, 0.2) is 0 Å². The zero-order valence-corrected chi connectivity index (χ0v) is 15.4. The molecule has 0 aliphatic carbocycles. The van der Waals surface area contributed by atoms with Crippen molar-refractivity contribution in [1.82, 2.24) is 5.32 Å². The molecular formula is C15H18Br2N2O2. The Morgan fingerprint density at radius 2 is 1.86 bits per heavy atom. The Kier molecular flexibility index (Phi) is 5.09. The molecule has 21 heavy (non-hydrogen) atoms. The molecular weight excluding hydrogens is 400 g/mol. The summed E-state index contributed by atoms with van der Waals surface area (Å²) in [7, 11) is 0. The van der Waals surface area contributed by atoms with Crippen molar-refractivity contribution in [3.8, 4) is 0 Å². The van der Waals surface area contributed by atoms with Crippen LogP contribution in [0.3, 0.4) is 0 Å². The quantitative estimate of drug-likeness (QED) is 0.818. The number of benzene rings is 1. The second-order valence-electron chi connectivity index (χ2n) is 5.33. The number of nitrogens with zero attached hydrogens (tertiary/aromatic N) is 1. The molecule has 6 heteroatoms. The summed E-state index contributed by atoms with van der Waals surface area (Å²) >= 11 is 6.95. The van der Waals surface area contributed by atoms with E-state index in [1.165, 1.54) is 0 Å². The summed E-state index contributed by atoms with van der Waals surface area (Å²) in [6.45, 7) is 5.73. The fourth-order valence-corrected chi connectivity index (χ4v) is 3.82. The number of nitrogens with one attached hydrogen (secondary N) is 1. The second kappa shape index (κ2) is 6.48. The fourth-order valence-electron chi connectivity index (χ4n) is 2.44. The minimum atomic E-state index is -0.534. The zero-order valence-electron chi connectivity index (χ0n) is 12.2. The van der Waals surface area contributed by atoms with Crippen LogP contribution in [0.1, 0.15) is 27.2 Å². The molecule has 4 nitrogen and oxygen atoms in total. The predicted octanol–water partition coefficient (Wildman–Crippen LogP) is 3.48. The number of carbonyl (C=O) groups excluding carboxylic acids is 2. The van der Waals surface area contributed by atoms with E-state index in [1.54, 1.807) is 11.8 Å². The average Bonchev–Trinajstić information content (AvgIpc) is 2.45. The molecule has 2 rings (SSSR count). The number of anilines is 1. The number of hydrogen-bond acceptors (Lipinski definition) is 2. The van der Waals surface area contributed by atoms with E-state index in [2.05, 4.69) is 37.2 Å². The van der Waals surface area contributed by atoms with Crippen molar-refractivity contribution in [2.24, 2.45) is 5.92 Å². The van der Waals surface area contributed by atoms with Crippen LogP contribution in [0.4, 0.5) is 5.69 Å². The molecule has 1 N–H and O–H groups in total. The number of hydrogen-bond donors (Lipinski definition) is 1. The van der Waals surface area contributed by atoms with Crippen molar-refractivity contribution in [2.45, 2.75) is 39.3 Å². The predicted molar refractivity (Wildman–Crippen MR) is 90.2 cm³/mol. The highest BCUT2D eigenvalue weighted by Gasteiger charge is 2.42. The van der Waals surface area contributed by atoms with E-state index in [0.717, 1.165) is 15.4 Å². The van der Waals surface area contributed by atoms with E-state index in [9.17, 15) is 9.59 Å². The van der Waals surface area contributed by atoms with E-state index < -0.39 is 12.1 Å². The number of carbonyl (C=O) groups is 2. The summed E-state index contributed by atoms with van der Waals surface area (Å²) in [5.41, 5.74) is 0.707. The summed E-state index contributed by atoms with van der Waals surface area (Å²) < 4.78 is 1.57. The van der Waals surface area contributed by atoms with Crippen molar-refractivity contribution in [1.29, 1.82) is 0 Å². The molecule has 2 amide bonds. The summed E-state index contributed by atoms with van der Waals surface area (Å²) in [5, 5.41) is 2.84. The van der Waals surface area contributed by atoms with Crippen LogP contribution in [0.25, 0.3) is 0 Å². The van der Waals surface area contributed by atoms with Crippen LogP contribution < -0.4 is 10.2 Å². The van der Waals surface area contributed by atoms with Gasteiger partial charge in [-0.05, 0) is 56.8 Å². The van der Waals surface area contributed by atoms with E-state index >= 15 is 0 Å². The van der Waals surface area contributed by atoms with Crippen molar-refractivity contribution in [2.75, 3.05) is 4.90 Å². The molecule has 1 aromatic rings. The van der Waals surface area contributed by atoms with Crippen LogP contribution >= 0.6 is 31.9 Å². The molecule has 0 aromatic heterocycles. The van der Waals surface area contributed by atoms with E-state index in [-0.39, 0.29) is 17.7 Å². The Hall–Kier alpha value is -0.880. The van der Waals surface area contributed by atoms with E-state index in [0.29, 0.717) is 5.69 Å². The van der Waals surface area contributed by atoms with Crippen molar-refractivity contribution in [3.63, 3.8) is 0 Å². The lowest BCUT2D eigenvalue weighted by atomic mass is 9.94. The van der Waals surface area contributed by atoms with Gasteiger partial charge in [0.2, 0.25) is 5.91 Å². The van der Waals surface area contributed by atoms with Crippen LogP contribution in [0.15, 0.2) is 27.1 Å². The molecule has 1 aromatic carbocycles. The SMILES string of the molecule is CCC(C)C1NC(=O)C(C)N(c2c(Br)cccc2Br)C1=O. The Morgan fingerprint density at radius 3 is 2.38 bits per heavy atom. The molecule has 0 spiro atoms. The highest BCUT2D eigenvalue weighted by atomic mass is 79.9. The van der Waals surface area contributed by atoms with Gasteiger partial charge >= 0.3 is 0 Å². The molecule has 0 bridgehead atoms. The summed E-state index contributed by atoms with van der Waals surface area (Å²) in [4.78, 5) is 26.7. The molecule has 1 heterocycles. The fraction of sp³-hybridized carbons (Fsp3) is 0.467. The minimum absolute atomic E-state index is 0.0657. The van der Waals surface area contributed by atoms with Gasteiger partial charge in [0.1, 0.15) is 12.1 Å². The smallest absolute Gasteiger partial charge is 0.250 e. The van der Waals surface area contributed by atoms with Gasteiger partial charge in [-0.15, -0.1) is 0 Å². The van der Waals surface area contributed by atoms with Crippen molar-refractivity contribution < 1.29 is 9.59 Å². The highest BCUT2D eigenvalue weighted by molar-refractivity contribution is 9.11. The second-order valence-corrected chi connectivity index (χ2v) is 7.03. The van der Waals surface area contributed by atoms with Gasteiger partial charge in [-0.2, -0.15) is 0 Å². The van der Waals surface area contributed by atoms with Crippen molar-refractivity contribution >= 4 is 49.4 Å². The molecule has 3 atom stereocenters. The molecule has 1 aliphatic rings. The maximum atomic E-state index is 12.9. The molecule has 3 unspecified atom stereocenters. The number of rotatable bonds is 3. The largest absolute Gasteiger partial charge is 0.342 e. The third-order valence-electron chi connectivity index (χ3n) is 3.96. The van der Waals surface area contributed by atoms with Gasteiger partial charge < -0.3 is 5.32 Å². The topological polar surface area (TPSA) is 49.4 Å². The average molecular weight is 418 g/mol. The maximum absolute atomic E-state index is 12.9. The lowest BCUT2D eigenvalue weighted by molar-refractivity contribution is -0.134. The zero-order chi connectivity index (χ0) is 15.7. The third kappa shape index (κ3) is 3.01. The Bertz CT molecular complexity index is 557. The maximum Gasteiger partial charge on any atom is 0.250 e. The van der Waals surface area contributed by atoms with E-state index in [1.807, 2.05) is 32.0 Å². The first-order valence-electron chi connectivity index (χ1n) is 6.96. The monoisotopic (exact) mass is 416 g/mol. The van der Waals surface area contributed by atoms with Crippen LogP contribution in [0.2, 0.25) is 0 Å². The molecule has 114 valence electrons. The first kappa shape index (κ1) is 16.5. The summed E-state index contributed by atoms with van der Waals surface area (Å²) in [6, 6.07) is 4.60. The Morgan fingerprint density at radius 1 is 1.29 bits per heavy atom. The van der Waals surface area contributed by atoms with E-state index in [4.69, 9.17) is 0 Å². The third-order valence-corrected chi connectivity index (χ3v) is 5.24. The van der Waals surface area contributed by atoms with Gasteiger partial charge in [0.05, 0.1) is 5.69 Å². The van der Waals surface area contributed by atoms with Gasteiger partial charge in [0.25, 0.3) is 5.91 Å². The lowest BCUT2D eigenvalue weighted by Gasteiger charge is -2.40.